The molecule has 0 aromatic carbocycles. The van der Waals surface area contributed by atoms with Crippen LogP contribution >= 0.6 is 0 Å². The van der Waals surface area contributed by atoms with Gasteiger partial charge in [0.25, 0.3) is 5.91 Å². The van der Waals surface area contributed by atoms with Crippen LogP contribution in [0.15, 0.2) is 12.1 Å². The number of carbonyl (C=O) groups is 2. The zero-order valence-corrected chi connectivity index (χ0v) is 11.4. The first kappa shape index (κ1) is 14.7. The van der Waals surface area contributed by atoms with Crippen molar-refractivity contribution in [1.29, 1.82) is 0 Å². The van der Waals surface area contributed by atoms with Crippen molar-refractivity contribution in [3.05, 3.63) is 22.2 Å². The number of rotatable bonds is 3. The van der Waals surface area contributed by atoms with Gasteiger partial charge in [-0.15, -0.1) is 0 Å². The van der Waals surface area contributed by atoms with Crippen molar-refractivity contribution in [2.24, 2.45) is 5.84 Å². The van der Waals surface area contributed by atoms with E-state index in [9.17, 15) is 19.7 Å². The van der Waals surface area contributed by atoms with Gasteiger partial charge in [0, 0.05) is 6.07 Å². The molecule has 1 aromatic heterocycles. The Morgan fingerprint density at radius 1 is 1.48 bits per heavy atom. The number of nitrogen functional groups attached to an aromatic ring is 1. The molecule has 0 aliphatic carbocycles. The molecule has 2 heterocycles. The number of nitrogens with zero attached hydrogens (tertiary/aromatic N) is 3. The van der Waals surface area contributed by atoms with Crippen molar-refractivity contribution in [3.8, 4) is 0 Å². The Hall–Kier alpha value is -2.75. The van der Waals surface area contributed by atoms with Gasteiger partial charge in [-0.3, -0.25) is 25.0 Å². The average Bonchev–Trinajstić information content (AvgIpc) is 2.42. The van der Waals surface area contributed by atoms with Gasteiger partial charge < -0.3 is 10.3 Å². The Labute approximate surface area is 119 Å². The molecule has 1 saturated heterocycles. The monoisotopic (exact) mass is 294 g/mol. The van der Waals surface area contributed by atoms with Crippen molar-refractivity contribution in [3.63, 3.8) is 0 Å². The standard InChI is InChI=1S/C11H14N6O4/c1-11(2)10(19)14-8(18)5-16(11)9-6(17(20)21)3-4-7(13-9)15-12/h3-4H,5,12H2,1-2H3,(H,13,15)(H,14,18,19). The fourth-order valence-corrected chi connectivity index (χ4v) is 1.99. The molecule has 0 unspecified atom stereocenters. The number of anilines is 2. The Kier molecular flexibility index (Phi) is 3.47. The van der Waals surface area contributed by atoms with Crippen LogP contribution in [0.4, 0.5) is 17.3 Å². The van der Waals surface area contributed by atoms with E-state index in [1.165, 1.54) is 17.0 Å². The van der Waals surface area contributed by atoms with Gasteiger partial charge >= 0.3 is 5.69 Å². The predicted octanol–water partition coefficient (Wildman–Crippen LogP) is -0.483. The van der Waals surface area contributed by atoms with Crippen LogP contribution in [-0.2, 0) is 9.59 Å². The van der Waals surface area contributed by atoms with Gasteiger partial charge in [-0.1, -0.05) is 0 Å². The maximum absolute atomic E-state index is 11.9. The highest BCUT2D eigenvalue weighted by Gasteiger charge is 2.44. The first-order valence-electron chi connectivity index (χ1n) is 6.01. The lowest BCUT2D eigenvalue weighted by atomic mass is 9.98. The normalized spacial score (nSPS) is 17.4. The molecule has 2 rings (SSSR count). The zero-order chi connectivity index (χ0) is 15.8. The molecule has 0 bridgehead atoms. The number of hydrazine groups is 1. The SMILES string of the molecule is CC1(C)C(=O)NC(=O)CN1c1nc(NN)ccc1[N+](=O)[O-]. The lowest BCUT2D eigenvalue weighted by Crippen LogP contribution is -2.64. The molecule has 1 aliphatic heterocycles. The van der Waals surface area contributed by atoms with E-state index in [2.05, 4.69) is 15.7 Å². The van der Waals surface area contributed by atoms with Crippen LogP contribution in [0, 0.1) is 10.1 Å². The molecule has 10 nitrogen and oxygen atoms in total. The molecule has 1 aliphatic rings. The molecule has 2 amide bonds. The van der Waals surface area contributed by atoms with Crippen LogP contribution in [-0.4, -0.2) is 33.8 Å². The summed E-state index contributed by atoms with van der Waals surface area (Å²) in [5.74, 6) is 4.23. The molecule has 0 spiro atoms. The van der Waals surface area contributed by atoms with Crippen LogP contribution in [0.3, 0.4) is 0 Å². The van der Waals surface area contributed by atoms with Gasteiger partial charge in [-0.05, 0) is 19.9 Å². The fourth-order valence-electron chi connectivity index (χ4n) is 1.99. The smallest absolute Gasteiger partial charge is 0.311 e. The molecule has 0 atom stereocenters. The average molecular weight is 294 g/mol. The molecule has 4 N–H and O–H groups in total. The lowest BCUT2D eigenvalue weighted by molar-refractivity contribution is -0.384. The molecule has 10 heteroatoms. The summed E-state index contributed by atoms with van der Waals surface area (Å²) < 4.78 is 0. The molecular weight excluding hydrogens is 280 g/mol. The maximum Gasteiger partial charge on any atom is 0.311 e. The topological polar surface area (TPSA) is 143 Å². The minimum absolute atomic E-state index is 0.0938. The third-order valence-electron chi connectivity index (χ3n) is 3.24. The minimum Gasteiger partial charge on any atom is -0.327 e. The van der Waals surface area contributed by atoms with Gasteiger partial charge in [-0.2, -0.15) is 0 Å². The number of nitro groups is 1. The summed E-state index contributed by atoms with van der Waals surface area (Å²) in [4.78, 5) is 39.3. The molecule has 1 aromatic rings. The van der Waals surface area contributed by atoms with Crippen molar-refractivity contribution in [2.45, 2.75) is 19.4 Å². The first-order chi connectivity index (χ1) is 9.77. The van der Waals surface area contributed by atoms with E-state index in [1.807, 2.05) is 0 Å². The number of pyridine rings is 1. The van der Waals surface area contributed by atoms with E-state index in [-0.39, 0.29) is 23.9 Å². The molecule has 21 heavy (non-hydrogen) atoms. The first-order valence-corrected chi connectivity index (χ1v) is 6.01. The van der Waals surface area contributed by atoms with Gasteiger partial charge in [-0.25, -0.2) is 10.8 Å². The summed E-state index contributed by atoms with van der Waals surface area (Å²) in [5, 5.41) is 13.3. The Bertz CT molecular complexity index is 629. The number of aromatic nitrogens is 1. The molecule has 0 radical (unpaired) electrons. The van der Waals surface area contributed by atoms with Crippen molar-refractivity contribution < 1.29 is 14.5 Å². The van der Waals surface area contributed by atoms with E-state index < -0.39 is 22.3 Å². The van der Waals surface area contributed by atoms with E-state index >= 15 is 0 Å². The summed E-state index contributed by atoms with van der Waals surface area (Å²) in [6.07, 6.45) is 0. The number of piperazine rings is 1. The number of carbonyl (C=O) groups excluding carboxylic acids is 2. The Morgan fingerprint density at radius 2 is 2.14 bits per heavy atom. The summed E-state index contributed by atoms with van der Waals surface area (Å²) >= 11 is 0. The number of nitrogens with two attached hydrogens (primary N) is 1. The van der Waals surface area contributed by atoms with Gasteiger partial charge in [0.15, 0.2) is 0 Å². The third-order valence-corrected chi connectivity index (χ3v) is 3.24. The van der Waals surface area contributed by atoms with Crippen LogP contribution in [0.25, 0.3) is 0 Å². The second-order valence-electron chi connectivity index (χ2n) is 4.96. The fraction of sp³-hybridized carbons (Fsp3) is 0.364. The molecule has 112 valence electrons. The van der Waals surface area contributed by atoms with E-state index in [0.717, 1.165) is 0 Å². The Balaban J connectivity index is 2.59. The van der Waals surface area contributed by atoms with E-state index in [4.69, 9.17) is 5.84 Å². The van der Waals surface area contributed by atoms with Crippen molar-refractivity contribution in [2.75, 3.05) is 16.9 Å². The minimum atomic E-state index is -1.17. The van der Waals surface area contributed by atoms with Gasteiger partial charge in [0.05, 0.1) is 4.92 Å². The van der Waals surface area contributed by atoms with Gasteiger partial charge in [0.1, 0.15) is 17.9 Å². The predicted molar refractivity (Wildman–Crippen MR) is 73.3 cm³/mol. The second kappa shape index (κ2) is 4.98. The van der Waals surface area contributed by atoms with Crippen LogP contribution in [0.5, 0.6) is 0 Å². The summed E-state index contributed by atoms with van der Waals surface area (Å²) in [5.41, 5.74) is 0.794. The lowest BCUT2D eigenvalue weighted by Gasteiger charge is -2.40. The Morgan fingerprint density at radius 3 is 2.71 bits per heavy atom. The highest BCUT2D eigenvalue weighted by molar-refractivity contribution is 6.06. The molecular formula is C11H14N6O4. The number of nitrogens with one attached hydrogen (secondary N) is 2. The van der Waals surface area contributed by atoms with E-state index in [0.29, 0.717) is 0 Å². The highest BCUT2D eigenvalue weighted by Crippen LogP contribution is 2.33. The second-order valence-corrected chi connectivity index (χ2v) is 4.96. The third kappa shape index (κ3) is 2.48. The summed E-state index contributed by atoms with van der Waals surface area (Å²) in [6, 6.07) is 2.55. The van der Waals surface area contributed by atoms with E-state index in [1.54, 1.807) is 13.8 Å². The molecule has 1 fully saturated rings. The highest BCUT2D eigenvalue weighted by atomic mass is 16.6. The van der Waals surface area contributed by atoms with Crippen LogP contribution in [0.1, 0.15) is 13.8 Å². The van der Waals surface area contributed by atoms with Crippen molar-refractivity contribution in [1.82, 2.24) is 10.3 Å². The zero-order valence-electron chi connectivity index (χ0n) is 11.4. The number of hydrogen-bond acceptors (Lipinski definition) is 8. The van der Waals surface area contributed by atoms with Gasteiger partial charge in [0.2, 0.25) is 11.7 Å². The summed E-state index contributed by atoms with van der Waals surface area (Å²) in [6.45, 7) is 2.87. The largest absolute Gasteiger partial charge is 0.327 e. The maximum atomic E-state index is 11.9. The molecule has 0 saturated carbocycles. The number of hydrogen-bond donors (Lipinski definition) is 3. The number of imide groups is 1. The van der Waals surface area contributed by atoms with Crippen LogP contribution in [0.2, 0.25) is 0 Å². The van der Waals surface area contributed by atoms with Crippen molar-refractivity contribution >= 4 is 29.1 Å². The quantitative estimate of drug-likeness (QED) is 0.293. The van der Waals surface area contributed by atoms with Crippen LogP contribution < -0.4 is 21.5 Å². The summed E-state index contributed by atoms with van der Waals surface area (Å²) in [7, 11) is 0. The number of amides is 2.